The Labute approximate surface area is 177 Å². The molecule has 2 aromatic carbocycles. The van der Waals surface area contributed by atoms with Crippen molar-refractivity contribution in [3.05, 3.63) is 62.5 Å². The lowest BCUT2D eigenvalue weighted by Crippen LogP contribution is -2.32. The van der Waals surface area contributed by atoms with Crippen LogP contribution < -0.4 is 10.4 Å². The number of rotatable bonds is 4. The third-order valence-corrected chi connectivity index (χ3v) is 6.84. The fourth-order valence-electron chi connectivity index (χ4n) is 2.94. The number of amides is 1. The monoisotopic (exact) mass is 505 g/mol. The van der Waals surface area contributed by atoms with E-state index < -0.39 is 34.1 Å². The van der Waals surface area contributed by atoms with Crippen molar-refractivity contribution in [3.63, 3.8) is 0 Å². The van der Waals surface area contributed by atoms with Crippen LogP contribution in [0.1, 0.15) is 11.1 Å². The van der Waals surface area contributed by atoms with Crippen molar-refractivity contribution in [1.82, 2.24) is 13.9 Å². The standard InChI is InChI=1S/C18H15BrF3N3O4S/c1-24-13-8-12(19)15(9-14(13)25(2)17(24)27)30(28,29)23-16(26)7-10-3-5-11(6-4-10)18(20,21)22/h3-6,8-9H,7H2,1-2H3,(H,23,26). The van der Waals surface area contributed by atoms with Gasteiger partial charge >= 0.3 is 11.9 Å². The molecule has 3 aromatic rings. The fourth-order valence-corrected chi connectivity index (χ4v) is 4.98. The average Bonchev–Trinajstić information content (AvgIpc) is 2.84. The molecule has 0 bridgehead atoms. The predicted molar refractivity (Wildman–Crippen MR) is 106 cm³/mol. The number of halogens is 4. The van der Waals surface area contributed by atoms with Gasteiger partial charge in [0.25, 0.3) is 10.0 Å². The molecule has 0 saturated heterocycles. The Morgan fingerprint density at radius 3 is 2.13 bits per heavy atom. The maximum Gasteiger partial charge on any atom is 0.416 e. The van der Waals surface area contributed by atoms with E-state index in [1.165, 1.54) is 35.4 Å². The van der Waals surface area contributed by atoms with E-state index in [0.29, 0.717) is 11.0 Å². The van der Waals surface area contributed by atoms with Crippen molar-refractivity contribution >= 4 is 42.9 Å². The lowest BCUT2D eigenvalue weighted by atomic mass is 10.1. The Hall–Kier alpha value is -2.60. The molecule has 30 heavy (non-hydrogen) atoms. The Morgan fingerprint density at radius 1 is 1.07 bits per heavy atom. The van der Waals surface area contributed by atoms with Crippen molar-refractivity contribution in [2.45, 2.75) is 17.5 Å². The van der Waals surface area contributed by atoms with Crippen molar-refractivity contribution in [2.75, 3.05) is 0 Å². The molecule has 0 saturated carbocycles. The summed E-state index contributed by atoms with van der Waals surface area (Å²) in [5, 5.41) is 0. The minimum absolute atomic E-state index is 0.144. The lowest BCUT2D eigenvalue weighted by molar-refractivity contribution is -0.137. The number of aryl methyl sites for hydroxylation is 2. The highest BCUT2D eigenvalue weighted by molar-refractivity contribution is 9.10. The van der Waals surface area contributed by atoms with Gasteiger partial charge < -0.3 is 0 Å². The number of nitrogens with one attached hydrogen (secondary N) is 1. The maximum atomic E-state index is 12.7. The molecule has 160 valence electrons. The molecule has 1 heterocycles. The Bertz CT molecular complexity index is 1310. The van der Waals surface area contributed by atoms with Gasteiger partial charge in [-0.3, -0.25) is 13.9 Å². The van der Waals surface area contributed by atoms with Gasteiger partial charge in [-0.2, -0.15) is 13.2 Å². The summed E-state index contributed by atoms with van der Waals surface area (Å²) >= 11 is 3.14. The molecule has 0 atom stereocenters. The molecule has 0 fully saturated rings. The van der Waals surface area contributed by atoms with Crippen LogP contribution >= 0.6 is 15.9 Å². The van der Waals surface area contributed by atoms with E-state index in [-0.39, 0.29) is 20.6 Å². The number of alkyl halides is 3. The largest absolute Gasteiger partial charge is 0.416 e. The number of hydrogen-bond acceptors (Lipinski definition) is 4. The first-order valence-electron chi connectivity index (χ1n) is 8.38. The van der Waals surface area contributed by atoms with Gasteiger partial charge in [0, 0.05) is 18.6 Å². The molecule has 1 amide bonds. The first-order chi connectivity index (χ1) is 13.8. The number of carbonyl (C=O) groups is 1. The van der Waals surface area contributed by atoms with E-state index in [9.17, 15) is 31.2 Å². The average molecular weight is 506 g/mol. The minimum atomic E-state index is -4.51. The van der Waals surface area contributed by atoms with Gasteiger partial charge in [-0.1, -0.05) is 12.1 Å². The van der Waals surface area contributed by atoms with Gasteiger partial charge in [0.2, 0.25) is 5.91 Å². The summed E-state index contributed by atoms with van der Waals surface area (Å²) in [4.78, 5) is 24.0. The quantitative estimate of drug-likeness (QED) is 0.590. The van der Waals surface area contributed by atoms with Crippen LogP contribution in [0, 0.1) is 0 Å². The Balaban J connectivity index is 1.86. The molecule has 0 aliphatic rings. The number of sulfonamides is 1. The molecule has 0 unspecified atom stereocenters. The molecule has 0 aliphatic heterocycles. The molecular formula is C18H15BrF3N3O4S. The van der Waals surface area contributed by atoms with E-state index in [0.717, 1.165) is 24.3 Å². The van der Waals surface area contributed by atoms with Crippen LogP contribution in [0.3, 0.4) is 0 Å². The van der Waals surface area contributed by atoms with Gasteiger partial charge in [-0.25, -0.2) is 17.9 Å². The molecule has 1 aromatic heterocycles. The summed E-state index contributed by atoms with van der Waals surface area (Å²) in [5.41, 5.74) is -0.163. The summed E-state index contributed by atoms with van der Waals surface area (Å²) in [6, 6.07) is 6.56. The highest BCUT2D eigenvalue weighted by atomic mass is 79.9. The summed E-state index contributed by atoms with van der Waals surface area (Å²) in [7, 11) is -1.28. The van der Waals surface area contributed by atoms with Crippen molar-refractivity contribution in [2.24, 2.45) is 14.1 Å². The van der Waals surface area contributed by atoms with Crippen molar-refractivity contribution < 1.29 is 26.4 Å². The zero-order valence-electron chi connectivity index (χ0n) is 15.6. The van der Waals surface area contributed by atoms with E-state index >= 15 is 0 Å². The first kappa shape index (κ1) is 22.1. The van der Waals surface area contributed by atoms with Gasteiger partial charge in [0.05, 0.1) is 23.0 Å². The molecule has 0 radical (unpaired) electrons. The number of nitrogens with zero attached hydrogens (tertiary/aromatic N) is 2. The van der Waals surface area contributed by atoms with Crippen LogP contribution in [0.4, 0.5) is 13.2 Å². The Morgan fingerprint density at radius 2 is 1.60 bits per heavy atom. The molecule has 12 heteroatoms. The molecular weight excluding hydrogens is 491 g/mol. The van der Waals surface area contributed by atoms with E-state index in [4.69, 9.17) is 0 Å². The van der Waals surface area contributed by atoms with Gasteiger partial charge in [-0.15, -0.1) is 0 Å². The smallest absolute Gasteiger partial charge is 0.295 e. The molecule has 0 spiro atoms. The summed E-state index contributed by atoms with van der Waals surface area (Å²) in [6.45, 7) is 0. The van der Waals surface area contributed by atoms with Gasteiger partial charge in [-0.05, 0) is 45.8 Å². The minimum Gasteiger partial charge on any atom is -0.295 e. The van der Waals surface area contributed by atoms with E-state index in [2.05, 4.69) is 15.9 Å². The zero-order valence-corrected chi connectivity index (χ0v) is 18.0. The highest BCUT2D eigenvalue weighted by Crippen LogP contribution is 2.29. The number of hydrogen-bond donors (Lipinski definition) is 1. The van der Waals surface area contributed by atoms with Crippen LogP contribution in [-0.2, 0) is 41.5 Å². The number of imidazole rings is 1. The van der Waals surface area contributed by atoms with Gasteiger partial charge in [0.1, 0.15) is 4.90 Å². The molecule has 3 rings (SSSR count). The number of benzene rings is 2. The zero-order chi connectivity index (χ0) is 22.4. The second-order valence-corrected chi connectivity index (χ2v) is 9.08. The number of carbonyl (C=O) groups excluding carboxylic acids is 1. The number of aromatic nitrogens is 2. The van der Waals surface area contributed by atoms with E-state index in [1.807, 2.05) is 4.72 Å². The third kappa shape index (κ3) is 4.15. The van der Waals surface area contributed by atoms with Crippen LogP contribution in [0.2, 0.25) is 0 Å². The number of fused-ring (bicyclic) bond motifs is 1. The van der Waals surface area contributed by atoms with Crippen LogP contribution in [0.25, 0.3) is 11.0 Å². The summed E-state index contributed by atoms with van der Waals surface area (Å²) < 4.78 is 67.9. The summed E-state index contributed by atoms with van der Waals surface area (Å²) in [6.07, 6.45) is -4.94. The lowest BCUT2D eigenvalue weighted by Gasteiger charge is -2.10. The van der Waals surface area contributed by atoms with Crippen molar-refractivity contribution in [3.8, 4) is 0 Å². The molecule has 1 N–H and O–H groups in total. The Kier molecular flexibility index (Phi) is 5.58. The van der Waals surface area contributed by atoms with Gasteiger partial charge in [0.15, 0.2) is 0 Å². The first-order valence-corrected chi connectivity index (χ1v) is 10.7. The highest BCUT2D eigenvalue weighted by Gasteiger charge is 2.30. The van der Waals surface area contributed by atoms with E-state index in [1.54, 1.807) is 0 Å². The second-order valence-electron chi connectivity index (χ2n) is 6.57. The normalized spacial score (nSPS) is 12.3. The topological polar surface area (TPSA) is 90.2 Å². The second kappa shape index (κ2) is 7.58. The summed E-state index contributed by atoms with van der Waals surface area (Å²) in [5.74, 6) is -0.913. The SMILES string of the molecule is Cn1c(=O)n(C)c2cc(S(=O)(=O)NC(=O)Cc3ccc(C(F)(F)F)cc3)c(Br)cc21. The molecule has 0 aliphatic carbocycles. The van der Waals surface area contributed by atoms with Crippen molar-refractivity contribution in [1.29, 1.82) is 0 Å². The van der Waals surface area contributed by atoms with Crippen LogP contribution in [-0.4, -0.2) is 23.5 Å². The molecule has 7 nitrogen and oxygen atoms in total. The fraction of sp³-hybridized carbons (Fsp3) is 0.222. The maximum absolute atomic E-state index is 12.7. The third-order valence-electron chi connectivity index (χ3n) is 4.51. The van der Waals surface area contributed by atoms with Crippen LogP contribution in [0.5, 0.6) is 0 Å². The van der Waals surface area contributed by atoms with Crippen LogP contribution in [0.15, 0.2) is 50.6 Å². The predicted octanol–water partition coefficient (Wildman–Crippen LogP) is 2.71.